The van der Waals surface area contributed by atoms with E-state index in [1.54, 1.807) is 27.0 Å². The number of methoxy groups -OCH3 is 1. The van der Waals surface area contributed by atoms with E-state index in [0.29, 0.717) is 12.2 Å². The van der Waals surface area contributed by atoms with E-state index in [4.69, 9.17) is 9.84 Å². The van der Waals surface area contributed by atoms with Crippen LogP contribution in [-0.2, 0) is 11.2 Å². The second kappa shape index (κ2) is 5.87. The van der Waals surface area contributed by atoms with Crippen LogP contribution in [0, 0.1) is 5.92 Å². The molecule has 2 N–H and O–H groups in total. The van der Waals surface area contributed by atoms with Gasteiger partial charge in [-0.05, 0) is 25.0 Å². The van der Waals surface area contributed by atoms with Gasteiger partial charge < -0.3 is 14.9 Å². The third-order valence-electron chi connectivity index (χ3n) is 3.20. The van der Waals surface area contributed by atoms with Crippen LogP contribution in [0.2, 0.25) is 0 Å². The number of hydrogen-bond donors (Lipinski definition) is 2. The fourth-order valence-corrected chi connectivity index (χ4v) is 2.24. The summed E-state index contributed by atoms with van der Waals surface area (Å²) < 4.78 is 5.21. The van der Waals surface area contributed by atoms with Crippen molar-refractivity contribution in [2.75, 3.05) is 7.11 Å². The molecule has 4 nitrogen and oxygen atoms in total. The summed E-state index contributed by atoms with van der Waals surface area (Å²) in [4.78, 5) is 11.1. The van der Waals surface area contributed by atoms with Crippen LogP contribution in [0.25, 0.3) is 0 Å². The van der Waals surface area contributed by atoms with E-state index in [-0.39, 0.29) is 6.42 Å². The summed E-state index contributed by atoms with van der Waals surface area (Å²) in [7, 11) is 1.56. The van der Waals surface area contributed by atoms with Crippen molar-refractivity contribution in [3.63, 3.8) is 0 Å². The van der Waals surface area contributed by atoms with Crippen molar-refractivity contribution < 1.29 is 19.7 Å². The molecule has 0 aliphatic carbocycles. The third-order valence-corrected chi connectivity index (χ3v) is 3.20. The molecule has 1 aromatic rings. The molecule has 2 unspecified atom stereocenters. The van der Waals surface area contributed by atoms with Crippen molar-refractivity contribution in [2.24, 2.45) is 5.92 Å². The fourth-order valence-electron chi connectivity index (χ4n) is 2.24. The van der Waals surface area contributed by atoms with Crippen molar-refractivity contribution in [3.8, 4) is 5.75 Å². The number of carboxylic acids is 1. The summed E-state index contributed by atoms with van der Waals surface area (Å²) >= 11 is 0. The minimum Gasteiger partial charge on any atom is -0.496 e. The van der Waals surface area contributed by atoms with Crippen molar-refractivity contribution in [1.29, 1.82) is 0 Å². The quantitative estimate of drug-likeness (QED) is 0.813. The molecular weight excluding hydrogens is 232 g/mol. The monoisotopic (exact) mass is 252 g/mol. The highest BCUT2D eigenvalue weighted by Gasteiger charge is 2.36. The highest BCUT2D eigenvalue weighted by Crippen LogP contribution is 2.29. The van der Waals surface area contributed by atoms with Gasteiger partial charge >= 0.3 is 5.97 Å². The second-order valence-corrected chi connectivity index (χ2v) is 4.64. The van der Waals surface area contributed by atoms with Crippen LogP contribution in [0.15, 0.2) is 24.3 Å². The zero-order valence-electron chi connectivity index (χ0n) is 11.0. The predicted molar refractivity (Wildman–Crippen MR) is 68.7 cm³/mol. The summed E-state index contributed by atoms with van der Waals surface area (Å²) in [5.74, 6) is -1.10. The Kier molecular flexibility index (Phi) is 4.73. The van der Waals surface area contributed by atoms with E-state index >= 15 is 0 Å². The van der Waals surface area contributed by atoms with Gasteiger partial charge in [0.2, 0.25) is 0 Å². The lowest BCUT2D eigenvalue weighted by Gasteiger charge is -2.30. The number of aliphatic hydroxyl groups is 1. The lowest BCUT2D eigenvalue weighted by atomic mass is 9.82. The van der Waals surface area contributed by atoms with Gasteiger partial charge in [-0.3, -0.25) is 4.79 Å². The Hall–Kier alpha value is -1.55. The molecule has 0 amide bonds. The summed E-state index contributed by atoms with van der Waals surface area (Å²) in [5, 5.41) is 19.5. The molecule has 0 aliphatic rings. The molecule has 0 fully saturated rings. The van der Waals surface area contributed by atoms with Crippen LogP contribution in [0.4, 0.5) is 0 Å². The molecule has 100 valence electrons. The molecule has 18 heavy (non-hydrogen) atoms. The number of benzene rings is 1. The molecule has 0 saturated carbocycles. The van der Waals surface area contributed by atoms with Gasteiger partial charge in [0.25, 0.3) is 0 Å². The maximum Gasteiger partial charge on any atom is 0.309 e. The van der Waals surface area contributed by atoms with Crippen LogP contribution in [0.3, 0.4) is 0 Å². The van der Waals surface area contributed by atoms with Crippen LogP contribution in [0.5, 0.6) is 5.75 Å². The number of ether oxygens (including phenoxy) is 1. The number of carbonyl (C=O) groups is 1. The molecule has 0 aromatic heterocycles. The van der Waals surface area contributed by atoms with Crippen molar-refractivity contribution >= 4 is 5.97 Å². The molecule has 0 radical (unpaired) electrons. The fraction of sp³-hybridized carbons (Fsp3) is 0.500. The first-order valence-electron chi connectivity index (χ1n) is 5.99. The van der Waals surface area contributed by atoms with Gasteiger partial charge in [0, 0.05) is 6.42 Å². The van der Waals surface area contributed by atoms with E-state index in [2.05, 4.69) is 0 Å². The molecule has 0 saturated heterocycles. The molecular formula is C14H20O4. The molecule has 0 aliphatic heterocycles. The lowest BCUT2D eigenvalue weighted by molar-refractivity contribution is -0.151. The zero-order chi connectivity index (χ0) is 13.8. The standard InChI is InChI=1S/C14H20O4/c1-4-11(13(15)16)14(2,17)9-10-7-5-6-8-12(10)18-3/h5-8,11,17H,4,9H2,1-3H3,(H,15,16). The minimum atomic E-state index is -1.30. The Morgan fingerprint density at radius 3 is 2.56 bits per heavy atom. The van der Waals surface area contributed by atoms with Gasteiger partial charge in [0.15, 0.2) is 0 Å². The first kappa shape index (κ1) is 14.5. The van der Waals surface area contributed by atoms with Gasteiger partial charge in [-0.1, -0.05) is 25.1 Å². The van der Waals surface area contributed by atoms with Gasteiger partial charge in [-0.15, -0.1) is 0 Å². The van der Waals surface area contributed by atoms with E-state index in [0.717, 1.165) is 5.56 Å². The van der Waals surface area contributed by atoms with Crippen LogP contribution >= 0.6 is 0 Å². The highest BCUT2D eigenvalue weighted by molar-refractivity contribution is 5.71. The molecule has 0 bridgehead atoms. The average Bonchev–Trinajstić information content (AvgIpc) is 2.29. The number of aliphatic carboxylic acids is 1. The van der Waals surface area contributed by atoms with Crippen molar-refractivity contribution in [1.82, 2.24) is 0 Å². The maximum atomic E-state index is 11.1. The summed E-state index contributed by atoms with van der Waals surface area (Å²) in [5.41, 5.74) is -0.487. The smallest absolute Gasteiger partial charge is 0.309 e. The molecule has 2 atom stereocenters. The molecule has 4 heteroatoms. The zero-order valence-corrected chi connectivity index (χ0v) is 11.0. The Morgan fingerprint density at radius 2 is 2.06 bits per heavy atom. The summed E-state index contributed by atoms with van der Waals surface area (Å²) in [6, 6.07) is 7.32. The van der Waals surface area contributed by atoms with Crippen LogP contribution < -0.4 is 4.74 Å². The third kappa shape index (κ3) is 3.23. The van der Waals surface area contributed by atoms with Gasteiger partial charge in [-0.25, -0.2) is 0 Å². The lowest BCUT2D eigenvalue weighted by Crippen LogP contribution is -2.41. The maximum absolute atomic E-state index is 11.1. The molecule has 0 heterocycles. The average molecular weight is 252 g/mol. The number of rotatable bonds is 6. The first-order chi connectivity index (χ1) is 8.42. The predicted octanol–water partition coefficient (Wildman–Crippen LogP) is 2.10. The van der Waals surface area contributed by atoms with Gasteiger partial charge in [0.1, 0.15) is 5.75 Å². The van der Waals surface area contributed by atoms with Crippen molar-refractivity contribution in [2.45, 2.75) is 32.3 Å². The number of para-hydroxylation sites is 1. The number of carboxylic acid groups (broad SMARTS) is 1. The number of hydrogen-bond acceptors (Lipinski definition) is 3. The molecule has 0 spiro atoms. The van der Waals surface area contributed by atoms with E-state index in [1.807, 2.05) is 18.2 Å². The van der Waals surface area contributed by atoms with Gasteiger partial charge in [-0.2, -0.15) is 0 Å². The van der Waals surface area contributed by atoms with Crippen molar-refractivity contribution in [3.05, 3.63) is 29.8 Å². The molecule has 1 rings (SSSR count). The SMILES string of the molecule is CCC(C(=O)O)C(C)(O)Cc1ccccc1OC. The topological polar surface area (TPSA) is 66.8 Å². The second-order valence-electron chi connectivity index (χ2n) is 4.64. The first-order valence-corrected chi connectivity index (χ1v) is 5.99. The summed E-state index contributed by atoms with van der Waals surface area (Å²) in [6.45, 7) is 3.32. The van der Waals surface area contributed by atoms with E-state index in [9.17, 15) is 9.90 Å². The van der Waals surface area contributed by atoms with E-state index < -0.39 is 17.5 Å². The van der Waals surface area contributed by atoms with E-state index in [1.165, 1.54) is 0 Å². The van der Waals surface area contributed by atoms with Gasteiger partial charge in [0.05, 0.1) is 18.6 Å². The van der Waals surface area contributed by atoms with Crippen LogP contribution in [0.1, 0.15) is 25.8 Å². The van der Waals surface area contributed by atoms with Crippen LogP contribution in [-0.4, -0.2) is 28.9 Å². The Morgan fingerprint density at radius 1 is 1.44 bits per heavy atom. The Bertz CT molecular complexity index is 412. The minimum absolute atomic E-state index is 0.252. The highest BCUT2D eigenvalue weighted by atomic mass is 16.5. The Labute approximate surface area is 107 Å². The largest absolute Gasteiger partial charge is 0.496 e. The summed E-state index contributed by atoms with van der Waals surface area (Å²) in [6.07, 6.45) is 0.638. The normalized spacial score (nSPS) is 15.8. The Balaban J connectivity index is 2.97. The molecule has 1 aromatic carbocycles.